The summed E-state index contributed by atoms with van der Waals surface area (Å²) in [5.41, 5.74) is 6.87. The monoisotopic (exact) mass is 203 g/mol. The molecule has 2 rings (SSSR count). The van der Waals surface area contributed by atoms with E-state index in [-0.39, 0.29) is 6.04 Å². The number of nitrogens with two attached hydrogens (primary N) is 1. The third-order valence-electron chi connectivity index (χ3n) is 2.33. The standard InChI is InChI=1S/C12H13NO2/c1-2-4-10(13)9-5-3-6-11-12(9)15-8-7-14-11/h1,3,5-6,10H,4,7-8,13H2. The second-order valence-electron chi connectivity index (χ2n) is 3.39. The molecule has 0 spiro atoms. The molecule has 0 aromatic heterocycles. The minimum Gasteiger partial charge on any atom is -0.486 e. The van der Waals surface area contributed by atoms with Gasteiger partial charge in [0.25, 0.3) is 0 Å². The molecule has 1 aliphatic heterocycles. The molecule has 1 heterocycles. The molecule has 15 heavy (non-hydrogen) atoms. The Balaban J connectivity index is 2.35. The fourth-order valence-corrected chi connectivity index (χ4v) is 1.63. The van der Waals surface area contributed by atoms with Gasteiger partial charge < -0.3 is 15.2 Å². The van der Waals surface area contributed by atoms with Crippen molar-refractivity contribution < 1.29 is 9.47 Å². The summed E-state index contributed by atoms with van der Waals surface area (Å²) in [6, 6.07) is 5.52. The molecule has 2 N–H and O–H groups in total. The van der Waals surface area contributed by atoms with Crippen LogP contribution in [0.2, 0.25) is 0 Å². The van der Waals surface area contributed by atoms with Crippen LogP contribution in [0, 0.1) is 12.3 Å². The fourth-order valence-electron chi connectivity index (χ4n) is 1.63. The Morgan fingerprint density at radius 2 is 2.20 bits per heavy atom. The number of benzene rings is 1. The van der Waals surface area contributed by atoms with E-state index < -0.39 is 0 Å². The quantitative estimate of drug-likeness (QED) is 0.740. The van der Waals surface area contributed by atoms with Crippen LogP contribution < -0.4 is 15.2 Å². The summed E-state index contributed by atoms with van der Waals surface area (Å²) in [6.45, 7) is 1.15. The van der Waals surface area contributed by atoms with Gasteiger partial charge in [0, 0.05) is 18.0 Å². The molecular formula is C12H13NO2. The van der Waals surface area contributed by atoms with Crippen LogP contribution in [0.25, 0.3) is 0 Å². The van der Waals surface area contributed by atoms with E-state index in [0.29, 0.717) is 19.6 Å². The van der Waals surface area contributed by atoms with E-state index in [1.165, 1.54) is 0 Å². The molecule has 0 saturated heterocycles. The predicted octanol–water partition coefficient (Wildman–Crippen LogP) is 1.48. The third kappa shape index (κ3) is 1.90. The molecule has 1 atom stereocenters. The van der Waals surface area contributed by atoms with E-state index in [1.807, 2.05) is 18.2 Å². The average molecular weight is 203 g/mol. The van der Waals surface area contributed by atoms with Crippen LogP contribution in [0.15, 0.2) is 18.2 Å². The van der Waals surface area contributed by atoms with Gasteiger partial charge in [-0.2, -0.15) is 0 Å². The minimum atomic E-state index is -0.188. The van der Waals surface area contributed by atoms with Crippen molar-refractivity contribution in [3.63, 3.8) is 0 Å². The summed E-state index contributed by atoms with van der Waals surface area (Å²) >= 11 is 0. The number of hydrogen-bond acceptors (Lipinski definition) is 3. The van der Waals surface area contributed by atoms with Gasteiger partial charge in [-0.1, -0.05) is 12.1 Å². The first kappa shape index (κ1) is 9.88. The number of fused-ring (bicyclic) bond motifs is 1. The third-order valence-corrected chi connectivity index (χ3v) is 2.33. The van der Waals surface area contributed by atoms with Crippen molar-refractivity contribution in [1.29, 1.82) is 0 Å². The summed E-state index contributed by atoms with van der Waals surface area (Å²) in [5, 5.41) is 0. The van der Waals surface area contributed by atoms with Crippen molar-refractivity contribution in [3.8, 4) is 23.8 Å². The molecule has 1 aromatic rings. The lowest BCUT2D eigenvalue weighted by atomic mass is 10.0. The highest BCUT2D eigenvalue weighted by molar-refractivity contribution is 5.49. The van der Waals surface area contributed by atoms with Gasteiger partial charge in [0.2, 0.25) is 0 Å². The fraction of sp³-hybridized carbons (Fsp3) is 0.333. The molecule has 0 amide bonds. The zero-order valence-electron chi connectivity index (χ0n) is 8.40. The van der Waals surface area contributed by atoms with Gasteiger partial charge in [0.15, 0.2) is 11.5 Å². The highest BCUT2D eigenvalue weighted by Crippen LogP contribution is 2.36. The van der Waals surface area contributed by atoms with Gasteiger partial charge in [-0.05, 0) is 6.07 Å². The first-order valence-corrected chi connectivity index (χ1v) is 4.90. The number of ether oxygens (including phenoxy) is 2. The van der Waals surface area contributed by atoms with Crippen molar-refractivity contribution in [2.45, 2.75) is 12.5 Å². The molecule has 0 bridgehead atoms. The highest BCUT2D eigenvalue weighted by Gasteiger charge is 2.18. The molecule has 0 aliphatic carbocycles. The van der Waals surface area contributed by atoms with Gasteiger partial charge in [-0.25, -0.2) is 0 Å². The van der Waals surface area contributed by atoms with Crippen LogP contribution >= 0.6 is 0 Å². The topological polar surface area (TPSA) is 44.5 Å². The average Bonchev–Trinajstić information content (AvgIpc) is 2.28. The van der Waals surface area contributed by atoms with E-state index in [2.05, 4.69) is 5.92 Å². The maximum Gasteiger partial charge on any atom is 0.166 e. The van der Waals surface area contributed by atoms with Gasteiger partial charge in [0.05, 0.1) is 0 Å². The van der Waals surface area contributed by atoms with Crippen molar-refractivity contribution in [2.75, 3.05) is 13.2 Å². The molecule has 0 saturated carbocycles. The van der Waals surface area contributed by atoms with Crippen molar-refractivity contribution in [1.82, 2.24) is 0 Å². The van der Waals surface area contributed by atoms with Crippen LogP contribution in [-0.2, 0) is 0 Å². The van der Waals surface area contributed by atoms with Gasteiger partial charge in [-0.15, -0.1) is 12.3 Å². The summed E-state index contributed by atoms with van der Waals surface area (Å²) < 4.78 is 11.0. The Bertz CT molecular complexity index is 395. The maximum absolute atomic E-state index is 5.95. The van der Waals surface area contributed by atoms with Crippen LogP contribution in [-0.4, -0.2) is 13.2 Å². The van der Waals surface area contributed by atoms with E-state index >= 15 is 0 Å². The lowest BCUT2D eigenvalue weighted by Crippen LogP contribution is -2.19. The summed E-state index contributed by atoms with van der Waals surface area (Å²) in [6.07, 6.45) is 5.74. The Kier molecular flexibility index (Phi) is 2.79. The van der Waals surface area contributed by atoms with Crippen molar-refractivity contribution >= 4 is 0 Å². The predicted molar refractivity (Wildman–Crippen MR) is 57.8 cm³/mol. The number of para-hydroxylation sites is 1. The minimum absolute atomic E-state index is 0.188. The maximum atomic E-state index is 5.95. The lowest BCUT2D eigenvalue weighted by Gasteiger charge is -2.22. The second-order valence-corrected chi connectivity index (χ2v) is 3.39. The molecule has 3 nitrogen and oxygen atoms in total. The lowest BCUT2D eigenvalue weighted by molar-refractivity contribution is 0.169. The van der Waals surface area contributed by atoms with Crippen LogP contribution in [0.1, 0.15) is 18.0 Å². The summed E-state index contributed by atoms with van der Waals surface area (Å²) in [4.78, 5) is 0. The molecule has 78 valence electrons. The second kappa shape index (κ2) is 4.24. The molecule has 1 unspecified atom stereocenters. The number of rotatable bonds is 2. The number of terminal acetylenes is 1. The zero-order valence-corrected chi connectivity index (χ0v) is 8.40. The van der Waals surface area contributed by atoms with E-state index in [9.17, 15) is 0 Å². The summed E-state index contributed by atoms with van der Waals surface area (Å²) in [7, 11) is 0. The molecule has 1 aromatic carbocycles. The first-order chi connectivity index (χ1) is 7.33. The Labute approximate surface area is 89.2 Å². The van der Waals surface area contributed by atoms with E-state index in [1.54, 1.807) is 0 Å². The normalized spacial score (nSPS) is 15.5. The number of hydrogen-bond donors (Lipinski definition) is 1. The van der Waals surface area contributed by atoms with Crippen LogP contribution in [0.5, 0.6) is 11.5 Å². The van der Waals surface area contributed by atoms with Gasteiger partial charge >= 0.3 is 0 Å². The highest BCUT2D eigenvalue weighted by atomic mass is 16.6. The SMILES string of the molecule is C#CCC(N)c1cccc2c1OCCO2. The largest absolute Gasteiger partial charge is 0.486 e. The van der Waals surface area contributed by atoms with Gasteiger partial charge in [-0.3, -0.25) is 0 Å². The van der Waals surface area contributed by atoms with E-state index in [4.69, 9.17) is 21.6 Å². The molecule has 1 aliphatic rings. The molecule has 0 fully saturated rings. The first-order valence-electron chi connectivity index (χ1n) is 4.90. The van der Waals surface area contributed by atoms with Crippen molar-refractivity contribution in [3.05, 3.63) is 23.8 Å². The molecular weight excluding hydrogens is 190 g/mol. The smallest absolute Gasteiger partial charge is 0.166 e. The molecule has 3 heteroatoms. The van der Waals surface area contributed by atoms with Gasteiger partial charge in [0.1, 0.15) is 13.2 Å². The zero-order chi connectivity index (χ0) is 10.7. The Morgan fingerprint density at radius 1 is 1.40 bits per heavy atom. The van der Waals surface area contributed by atoms with E-state index in [0.717, 1.165) is 17.1 Å². The van der Waals surface area contributed by atoms with Crippen LogP contribution in [0.4, 0.5) is 0 Å². The molecule has 0 radical (unpaired) electrons. The summed E-state index contributed by atoms with van der Waals surface area (Å²) in [5.74, 6) is 4.05. The Hall–Kier alpha value is -1.66. The van der Waals surface area contributed by atoms with Crippen molar-refractivity contribution in [2.24, 2.45) is 5.73 Å². The Morgan fingerprint density at radius 3 is 3.00 bits per heavy atom. The van der Waals surface area contributed by atoms with Crippen LogP contribution in [0.3, 0.4) is 0 Å².